The zero-order valence-corrected chi connectivity index (χ0v) is 17.4. The molecule has 0 aliphatic carbocycles. The van der Waals surface area contributed by atoms with Gasteiger partial charge in [0.15, 0.2) is 11.5 Å². The predicted molar refractivity (Wildman–Crippen MR) is 108 cm³/mol. The molecule has 3 N–H and O–H groups in total. The Labute approximate surface area is 181 Å². The minimum Gasteiger partial charge on any atom is -0.382 e. The van der Waals surface area contributed by atoms with E-state index in [0.29, 0.717) is 5.56 Å². The summed E-state index contributed by atoms with van der Waals surface area (Å²) in [4.78, 5) is -2.28. The topological polar surface area (TPSA) is 79.7 Å². The van der Waals surface area contributed by atoms with Crippen LogP contribution in [-0.4, -0.2) is 9.78 Å². The van der Waals surface area contributed by atoms with E-state index in [9.17, 15) is 29.1 Å². The second-order valence-corrected chi connectivity index (χ2v) is 9.54. The SMILES string of the molecule is N#Cc1nn(-c2c(Cl)cc(S(F)(F)(F)(F)F)cc2Cl)c(N)c1NCc1ccc(F)cc1. The Morgan fingerprint density at radius 3 is 2.10 bits per heavy atom. The summed E-state index contributed by atoms with van der Waals surface area (Å²) in [6.07, 6.45) is 0. The lowest BCUT2D eigenvalue weighted by Crippen LogP contribution is -2.09. The zero-order chi connectivity index (χ0) is 23.3. The monoisotopic (exact) mass is 501 g/mol. The number of rotatable bonds is 5. The standard InChI is InChI=1S/C17H11Cl2F6N5S/c18-12-5-11(31(21,22,23,24)25)6-13(19)16(12)30-17(27)15(14(7-26)29-30)28-8-9-1-3-10(20)4-2-9/h1-6,28H,8,27H2. The first-order chi connectivity index (χ1) is 14.1. The van der Waals surface area contributed by atoms with Gasteiger partial charge in [-0.3, -0.25) is 0 Å². The van der Waals surface area contributed by atoms with Gasteiger partial charge in [0.2, 0.25) is 0 Å². The maximum absolute atomic E-state index is 13.1. The third kappa shape index (κ3) is 4.79. The Morgan fingerprint density at radius 2 is 1.61 bits per heavy atom. The van der Waals surface area contributed by atoms with Crippen LogP contribution in [0.15, 0.2) is 41.3 Å². The molecule has 3 aromatic rings. The van der Waals surface area contributed by atoms with E-state index < -0.39 is 36.7 Å². The fourth-order valence-electron chi connectivity index (χ4n) is 2.61. The molecule has 3 rings (SSSR count). The molecule has 166 valence electrons. The number of nitrogens with two attached hydrogens (primary N) is 1. The molecule has 0 bridgehead atoms. The molecule has 0 radical (unpaired) electrons. The molecule has 0 saturated heterocycles. The highest BCUT2D eigenvalue weighted by Gasteiger charge is 2.65. The van der Waals surface area contributed by atoms with E-state index in [1.54, 1.807) is 6.07 Å². The van der Waals surface area contributed by atoms with Gasteiger partial charge in [-0.15, -0.1) is 0 Å². The van der Waals surface area contributed by atoms with Crippen molar-refractivity contribution < 1.29 is 23.8 Å². The predicted octanol–water partition coefficient (Wildman–Crippen LogP) is 7.04. The van der Waals surface area contributed by atoms with Crippen molar-refractivity contribution in [3.63, 3.8) is 0 Å². The third-order valence-corrected chi connectivity index (χ3v) is 5.76. The first-order valence-corrected chi connectivity index (χ1v) is 10.8. The van der Waals surface area contributed by atoms with Crippen LogP contribution in [0.25, 0.3) is 5.69 Å². The lowest BCUT2D eigenvalue weighted by atomic mass is 10.2. The van der Waals surface area contributed by atoms with Crippen molar-refractivity contribution in [3.05, 3.63) is 63.5 Å². The number of nitrogens with one attached hydrogen (secondary N) is 1. The van der Waals surface area contributed by atoms with Crippen molar-refractivity contribution in [3.8, 4) is 11.8 Å². The van der Waals surface area contributed by atoms with Crippen LogP contribution in [0.4, 0.5) is 35.3 Å². The number of nitrogens with zero attached hydrogens (tertiary/aromatic N) is 3. The van der Waals surface area contributed by atoms with E-state index in [2.05, 4.69) is 10.4 Å². The first kappa shape index (κ1) is 22.9. The average molecular weight is 502 g/mol. The van der Waals surface area contributed by atoms with Crippen LogP contribution in [-0.2, 0) is 6.54 Å². The molecule has 5 nitrogen and oxygen atoms in total. The summed E-state index contributed by atoms with van der Waals surface area (Å²) >= 11 is 11.6. The van der Waals surface area contributed by atoms with Crippen LogP contribution >= 0.6 is 33.4 Å². The maximum Gasteiger partial charge on any atom is 0.310 e. The Bertz CT molecular complexity index is 1200. The molecule has 0 saturated carbocycles. The molecule has 0 spiro atoms. The lowest BCUT2D eigenvalue weighted by Gasteiger charge is -2.40. The molecule has 2 aromatic carbocycles. The third-order valence-electron chi connectivity index (χ3n) is 4.06. The summed E-state index contributed by atoms with van der Waals surface area (Å²) in [6.45, 7) is 0.0927. The van der Waals surface area contributed by atoms with Crippen LogP contribution in [0, 0.1) is 17.1 Å². The molecule has 0 amide bonds. The lowest BCUT2D eigenvalue weighted by molar-refractivity contribution is 0.364. The highest BCUT2D eigenvalue weighted by molar-refractivity contribution is 8.45. The molecule has 0 aliphatic rings. The average Bonchev–Trinajstić information content (AvgIpc) is 2.94. The van der Waals surface area contributed by atoms with Crippen molar-refractivity contribution in [2.45, 2.75) is 11.4 Å². The Hall–Kier alpha value is -2.75. The molecular formula is C17H11Cl2F6N5S. The summed E-state index contributed by atoms with van der Waals surface area (Å²) in [7, 11) is -10.0. The largest absolute Gasteiger partial charge is 0.382 e. The quantitative estimate of drug-likeness (QED) is 0.367. The van der Waals surface area contributed by atoms with Gasteiger partial charge in [-0.2, -0.15) is 10.4 Å². The number of aromatic nitrogens is 2. The molecular weight excluding hydrogens is 491 g/mol. The molecule has 0 fully saturated rings. The van der Waals surface area contributed by atoms with E-state index in [-0.39, 0.29) is 35.9 Å². The van der Waals surface area contributed by atoms with E-state index in [1.807, 2.05) is 0 Å². The van der Waals surface area contributed by atoms with Crippen molar-refractivity contribution in [2.24, 2.45) is 0 Å². The number of benzene rings is 2. The second-order valence-electron chi connectivity index (χ2n) is 6.32. The number of nitrogen functional groups attached to an aromatic ring is 1. The van der Waals surface area contributed by atoms with E-state index in [1.165, 1.54) is 24.3 Å². The highest BCUT2D eigenvalue weighted by atomic mass is 35.5. The summed E-state index contributed by atoms with van der Waals surface area (Å²) in [5.41, 5.74) is 5.90. The molecule has 14 heteroatoms. The van der Waals surface area contributed by atoms with Gasteiger partial charge in [0.1, 0.15) is 28.2 Å². The molecule has 1 heterocycles. The van der Waals surface area contributed by atoms with Gasteiger partial charge in [-0.25, -0.2) is 9.07 Å². The Balaban J connectivity index is 2.05. The summed E-state index contributed by atoms with van der Waals surface area (Å²) in [6, 6.07) is 7.16. The number of nitriles is 1. The minimum absolute atomic E-state index is 0.00394. The molecule has 31 heavy (non-hydrogen) atoms. The van der Waals surface area contributed by atoms with Crippen molar-refractivity contribution >= 4 is 44.9 Å². The molecule has 0 aliphatic heterocycles. The highest BCUT2D eigenvalue weighted by Crippen LogP contribution is 3.02. The number of halogens is 8. The summed E-state index contributed by atoms with van der Waals surface area (Å²) in [5, 5.41) is 14.4. The van der Waals surface area contributed by atoms with Crippen LogP contribution < -0.4 is 11.1 Å². The van der Waals surface area contributed by atoms with Crippen molar-refractivity contribution in [1.29, 1.82) is 5.26 Å². The number of anilines is 2. The van der Waals surface area contributed by atoms with Gasteiger partial charge in [0.25, 0.3) is 0 Å². The fraction of sp³-hybridized carbons (Fsp3) is 0.0588. The van der Waals surface area contributed by atoms with E-state index in [0.717, 1.165) is 4.68 Å². The fourth-order valence-corrected chi connectivity index (χ4v) is 4.07. The molecule has 0 atom stereocenters. The van der Waals surface area contributed by atoms with Crippen molar-refractivity contribution in [2.75, 3.05) is 11.1 Å². The van der Waals surface area contributed by atoms with Gasteiger partial charge in [0.05, 0.1) is 10.0 Å². The van der Waals surface area contributed by atoms with Crippen LogP contribution in [0.1, 0.15) is 11.3 Å². The zero-order valence-electron chi connectivity index (χ0n) is 15.0. The smallest absolute Gasteiger partial charge is 0.310 e. The Morgan fingerprint density at radius 1 is 1.06 bits per heavy atom. The van der Waals surface area contributed by atoms with Gasteiger partial charge >= 0.3 is 10.2 Å². The number of hydrogen-bond acceptors (Lipinski definition) is 4. The summed E-state index contributed by atoms with van der Waals surface area (Å²) in [5.74, 6) is -0.712. The number of hydrogen-bond donors (Lipinski definition) is 2. The van der Waals surface area contributed by atoms with Crippen molar-refractivity contribution in [1.82, 2.24) is 9.78 Å². The van der Waals surface area contributed by atoms with Gasteiger partial charge < -0.3 is 11.1 Å². The van der Waals surface area contributed by atoms with Gasteiger partial charge in [-0.05, 0) is 29.8 Å². The van der Waals surface area contributed by atoms with Crippen LogP contribution in [0.2, 0.25) is 10.0 Å². The Kier molecular flexibility index (Phi) is 5.09. The van der Waals surface area contributed by atoms with E-state index in [4.69, 9.17) is 28.9 Å². The molecule has 0 unspecified atom stereocenters. The second kappa shape index (κ2) is 6.88. The van der Waals surface area contributed by atoms with Crippen LogP contribution in [0.3, 0.4) is 0 Å². The minimum atomic E-state index is -10.0. The normalized spacial score (nSPS) is 13.9. The van der Waals surface area contributed by atoms with Gasteiger partial charge in [0, 0.05) is 6.54 Å². The van der Waals surface area contributed by atoms with Crippen LogP contribution in [0.5, 0.6) is 0 Å². The van der Waals surface area contributed by atoms with Gasteiger partial charge in [-0.1, -0.05) is 54.8 Å². The summed E-state index contributed by atoms with van der Waals surface area (Å²) < 4.78 is 79.2. The van der Waals surface area contributed by atoms with E-state index >= 15 is 0 Å². The molecule has 1 aromatic heterocycles. The first-order valence-electron chi connectivity index (χ1n) is 8.11. The maximum atomic E-state index is 13.1.